The third-order valence-corrected chi connectivity index (χ3v) is 6.50. The highest BCUT2D eigenvalue weighted by molar-refractivity contribution is 7.27. The number of nitrogens with two attached hydrogens (primary N) is 1. The Bertz CT molecular complexity index is 1560. The summed E-state index contributed by atoms with van der Waals surface area (Å²) < 4.78 is 28.0. The van der Waals surface area contributed by atoms with E-state index >= 15 is 0 Å². The second-order valence-corrected chi connectivity index (χ2v) is 9.94. The number of urea groups is 1. The maximum atomic E-state index is 14.1. The Balaban J connectivity index is 2.01. The first kappa shape index (κ1) is 32.3. The number of guanidine groups is 1. The second kappa shape index (κ2) is 15.2. The van der Waals surface area contributed by atoms with Gasteiger partial charge in [-0.05, 0) is 47.9 Å². The molecule has 0 fully saturated rings. The highest BCUT2D eigenvalue weighted by atomic mass is 35.5. The number of carbonyl (C=O) groups excluding carboxylic acids is 2. The number of nitrogens with zero attached hydrogens (tertiary/aromatic N) is 3. The number of rotatable bonds is 10. The van der Waals surface area contributed by atoms with Gasteiger partial charge in [0, 0.05) is 41.1 Å². The van der Waals surface area contributed by atoms with Crippen molar-refractivity contribution in [1.29, 1.82) is 0 Å². The number of aromatic nitrogens is 1. The standard InChI is InChI=1S/C27H29ClF2N7O4P/c1-2-16-8-21(31)17(10-32-3-4-38)9-22(16)35-26(34-14-39)36-27(41)37(13-18-7-19(28)11-33-25(18)40)12-15-5-20(29)24(30)23(42)6-15/h5-11,14,38H,2-4,12-13,31,42H2,1H3,(H,33,40)(H2,34,35,36,39,41). The highest BCUT2D eigenvalue weighted by Gasteiger charge is 2.20. The minimum atomic E-state index is -1.11. The van der Waals surface area contributed by atoms with E-state index in [0.717, 1.165) is 11.0 Å². The maximum absolute atomic E-state index is 14.1. The third kappa shape index (κ3) is 8.65. The molecule has 0 radical (unpaired) electrons. The van der Waals surface area contributed by atoms with Gasteiger partial charge < -0.3 is 20.7 Å². The lowest BCUT2D eigenvalue weighted by Gasteiger charge is -2.24. The Kier molecular flexibility index (Phi) is 11.7. The number of aliphatic hydroxyl groups is 1. The van der Waals surface area contributed by atoms with Crippen molar-refractivity contribution >= 4 is 62.1 Å². The predicted octanol–water partition coefficient (Wildman–Crippen LogP) is 2.51. The molecule has 42 heavy (non-hydrogen) atoms. The molecule has 15 heteroatoms. The lowest BCUT2D eigenvalue weighted by molar-refractivity contribution is -0.108. The molecule has 0 aliphatic carbocycles. The molecule has 0 aliphatic heterocycles. The molecule has 0 saturated carbocycles. The lowest BCUT2D eigenvalue weighted by atomic mass is 10.1. The molecule has 11 nitrogen and oxygen atoms in total. The van der Waals surface area contributed by atoms with Crippen molar-refractivity contribution in [1.82, 2.24) is 20.5 Å². The van der Waals surface area contributed by atoms with Crippen LogP contribution in [-0.2, 0) is 24.3 Å². The summed E-state index contributed by atoms with van der Waals surface area (Å²) in [6.45, 7) is 1.36. The molecule has 1 heterocycles. The highest BCUT2D eigenvalue weighted by Crippen LogP contribution is 2.26. The molecule has 3 aromatic rings. The van der Waals surface area contributed by atoms with E-state index < -0.39 is 23.2 Å². The zero-order valence-corrected chi connectivity index (χ0v) is 24.4. The number of benzene rings is 2. The van der Waals surface area contributed by atoms with Gasteiger partial charge in [-0.2, -0.15) is 0 Å². The quantitative estimate of drug-likeness (QED) is 0.0772. The topological polar surface area (TPSA) is 165 Å². The number of nitrogen functional groups attached to an aromatic ring is 1. The molecule has 1 unspecified atom stereocenters. The van der Waals surface area contributed by atoms with Crippen LogP contribution in [0.3, 0.4) is 0 Å². The largest absolute Gasteiger partial charge is 0.398 e. The number of aliphatic hydroxyl groups excluding tert-OH is 1. The summed E-state index contributed by atoms with van der Waals surface area (Å²) in [7, 11) is 2.08. The number of nitrogens with one attached hydrogen (secondary N) is 3. The van der Waals surface area contributed by atoms with Gasteiger partial charge in [0.25, 0.3) is 5.56 Å². The first-order valence-corrected chi connectivity index (χ1v) is 13.5. The summed E-state index contributed by atoms with van der Waals surface area (Å²) in [4.78, 5) is 49.4. The van der Waals surface area contributed by atoms with Crippen molar-refractivity contribution < 1.29 is 23.5 Å². The van der Waals surface area contributed by atoms with Gasteiger partial charge in [-0.3, -0.25) is 25.2 Å². The number of anilines is 1. The van der Waals surface area contributed by atoms with Gasteiger partial charge in [0.05, 0.1) is 30.4 Å². The number of pyridine rings is 1. The molecule has 0 bridgehead atoms. The number of amides is 3. The van der Waals surface area contributed by atoms with E-state index in [1.165, 1.54) is 24.5 Å². The molecule has 1 atom stereocenters. The molecule has 6 N–H and O–H groups in total. The first-order chi connectivity index (χ1) is 20.1. The SMILES string of the molecule is CCc1cc(N)c(C=NCCO)cc1N=C(NC=O)NC(=O)N(Cc1cc(F)c(F)c(P)c1)Cc1cc(Cl)c[nH]c1=O. The van der Waals surface area contributed by atoms with Crippen molar-refractivity contribution in [2.75, 3.05) is 18.9 Å². The van der Waals surface area contributed by atoms with Crippen molar-refractivity contribution in [2.45, 2.75) is 26.4 Å². The van der Waals surface area contributed by atoms with Gasteiger partial charge in [-0.25, -0.2) is 18.6 Å². The van der Waals surface area contributed by atoms with Crippen LogP contribution in [0.15, 0.2) is 51.3 Å². The molecule has 222 valence electrons. The summed E-state index contributed by atoms with van der Waals surface area (Å²) in [5.41, 5.74) is 7.94. The Hall–Kier alpha value is -4.19. The van der Waals surface area contributed by atoms with E-state index in [4.69, 9.17) is 22.4 Å². The van der Waals surface area contributed by atoms with Crippen molar-refractivity contribution in [3.63, 3.8) is 0 Å². The number of aryl methyl sites for hydroxylation is 1. The summed E-state index contributed by atoms with van der Waals surface area (Å²) in [5.74, 6) is -2.42. The first-order valence-electron chi connectivity index (χ1n) is 12.5. The van der Waals surface area contributed by atoms with Crippen LogP contribution in [0.4, 0.5) is 25.0 Å². The minimum absolute atomic E-state index is 0.0513. The fourth-order valence-electron chi connectivity index (χ4n) is 3.84. The summed E-state index contributed by atoms with van der Waals surface area (Å²) in [6, 6.07) is 6.11. The monoisotopic (exact) mass is 619 g/mol. The Morgan fingerprint density at radius 3 is 2.64 bits per heavy atom. The van der Waals surface area contributed by atoms with Crippen LogP contribution in [-0.4, -0.2) is 52.8 Å². The summed E-state index contributed by atoms with van der Waals surface area (Å²) in [6.07, 6.45) is 3.58. The molecule has 3 rings (SSSR count). The lowest BCUT2D eigenvalue weighted by Crippen LogP contribution is -2.47. The summed E-state index contributed by atoms with van der Waals surface area (Å²) in [5, 5.41) is 14.0. The second-order valence-electron chi connectivity index (χ2n) is 8.88. The number of hydrogen-bond donors (Lipinski definition) is 5. The Labute approximate surface area is 247 Å². The third-order valence-electron chi connectivity index (χ3n) is 5.86. The van der Waals surface area contributed by atoms with E-state index in [0.29, 0.717) is 35.3 Å². The Morgan fingerprint density at radius 1 is 1.21 bits per heavy atom. The van der Waals surface area contributed by atoms with Crippen LogP contribution in [0.25, 0.3) is 0 Å². The van der Waals surface area contributed by atoms with Crippen molar-refractivity contribution in [3.05, 3.63) is 85.8 Å². The number of H-pyrrole nitrogens is 1. The molecule has 3 amide bonds. The smallest absolute Gasteiger partial charge is 0.324 e. The zero-order valence-electron chi connectivity index (χ0n) is 22.5. The molecule has 0 spiro atoms. The number of aromatic amines is 1. The molecule has 0 aliphatic rings. The van der Waals surface area contributed by atoms with E-state index in [9.17, 15) is 23.2 Å². The average Bonchev–Trinajstić information content (AvgIpc) is 2.94. The van der Waals surface area contributed by atoms with Crippen LogP contribution in [0.1, 0.15) is 29.2 Å². The number of aliphatic imine (C=N–C) groups is 2. The van der Waals surface area contributed by atoms with E-state index in [2.05, 4.69) is 34.8 Å². The van der Waals surface area contributed by atoms with Crippen LogP contribution in [0.2, 0.25) is 5.02 Å². The fraction of sp³-hybridized carbons (Fsp3) is 0.222. The van der Waals surface area contributed by atoms with Gasteiger partial charge in [0.1, 0.15) is 0 Å². The molecule has 0 saturated heterocycles. The Morgan fingerprint density at radius 2 is 1.98 bits per heavy atom. The fourth-order valence-corrected chi connectivity index (χ4v) is 4.38. The van der Waals surface area contributed by atoms with Gasteiger partial charge in [-0.15, -0.1) is 9.24 Å². The van der Waals surface area contributed by atoms with Crippen LogP contribution in [0.5, 0.6) is 0 Å². The van der Waals surface area contributed by atoms with Crippen molar-refractivity contribution in [2.24, 2.45) is 9.98 Å². The van der Waals surface area contributed by atoms with E-state index in [-0.39, 0.29) is 53.7 Å². The van der Waals surface area contributed by atoms with E-state index in [1.54, 1.807) is 12.1 Å². The molecule has 1 aromatic heterocycles. The molecular weight excluding hydrogens is 591 g/mol. The number of halogens is 3. The van der Waals surface area contributed by atoms with E-state index in [1.807, 2.05) is 6.92 Å². The predicted molar refractivity (Wildman–Crippen MR) is 162 cm³/mol. The number of hydrogen-bond acceptors (Lipinski definition) is 7. The van der Waals surface area contributed by atoms with Crippen molar-refractivity contribution in [3.8, 4) is 0 Å². The maximum Gasteiger partial charge on any atom is 0.324 e. The zero-order chi connectivity index (χ0) is 30.8. The van der Waals surface area contributed by atoms with Gasteiger partial charge in [-0.1, -0.05) is 18.5 Å². The van der Waals surface area contributed by atoms with Crippen LogP contribution in [0, 0.1) is 11.6 Å². The van der Waals surface area contributed by atoms with Gasteiger partial charge in [0.15, 0.2) is 11.6 Å². The average molecular weight is 620 g/mol. The minimum Gasteiger partial charge on any atom is -0.398 e. The van der Waals surface area contributed by atoms with Crippen LogP contribution < -0.4 is 27.2 Å². The normalized spacial score (nSPS) is 11.5. The molecular formula is C27H29ClF2N7O4P. The number of carbonyl (C=O) groups is 2. The van der Waals surface area contributed by atoms with Crippen LogP contribution >= 0.6 is 20.8 Å². The summed E-state index contributed by atoms with van der Waals surface area (Å²) >= 11 is 6.03. The molecule has 2 aromatic carbocycles. The van der Waals surface area contributed by atoms with Gasteiger partial charge >= 0.3 is 6.03 Å². The van der Waals surface area contributed by atoms with Gasteiger partial charge in [0.2, 0.25) is 12.4 Å².